The van der Waals surface area contributed by atoms with Crippen molar-refractivity contribution in [2.24, 2.45) is 0 Å². The molecule has 2 aromatic carbocycles. The van der Waals surface area contributed by atoms with Crippen LogP contribution in [0.1, 0.15) is 23.4 Å². The van der Waals surface area contributed by atoms with Crippen molar-refractivity contribution in [3.8, 4) is 17.2 Å². The van der Waals surface area contributed by atoms with Crippen LogP contribution in [-0.2, 0) is 6.54 Å². The molecule has 2 unspecified atom stereocenters. The Labute approximate surface area is 177 Å². The number of halogens is 3. The van der Waals surface area contributed by atoms with Gasteiger partial charge in [-0.25, -0.2) is 0 Å². The molecule has 0 bridgehead atoms. The van der Waals surface area contributed by atoms with Gasteiger partial charge in [0.25, 0.3) is 0 Å². The highest BCUT2D eigenvalue weighted by molar-refractivity contribution is 7.99. The molecule has 30 heavy (non-hydrogen) atoms. The van der Waals surface area contributed by atoms with E-state index in [1.54, 1.807) is 37.9 Å². The summed E-state index contributed by atoms with van der Waals surface area (Å²) in [6, 6.07) is 11.5. The third-order valence-electron chi connectivity index (χ3n) is 4.50. The van der Waals surface area contributed by atoms with Gasteiger partial charge in [0.05, 0.1) is 24.2 Å². The van der Waals surface area contributed by atoms with Crippen LogP contribution in [0.3, 0.4) is 0 Å². The number of hydrogen-bond donors (Lipinski definition) is 1. The number of thioether (sulfide) groups is 1. The van der Waals surface area contributed by atoms with Gasteiger partial charge in [0, 0.05) is 18.8 Å². The number of nitrogens with zero attached hydrogens (tertiary/aromatic N) is 1. The predicted octanol–water partition coefficient (Wildman–Crippen LogP) is 4.60. The summed E-state index contributed by atoms with van der Waals surface area (Å²) in [5, 5.41) is 9.54. The maximum Gasteiger partial charge on any atom is 0.573 e. The minimum absolute atomic E-state index is 0.0451. The van der Waals surface area contributed by atoms with E-state index in [4.69, 9.17) is 9.47 Å². The van der Waals surface area contributed by atoms with E-state index in [0.29, 0.717) is 18.0 Å². The molecular weight excluding hydrogens is 419 g/mol. The Morgan fingerprint density at radius 2 is 1.87 bits per heavy atom. The third kappa shape index (κ3) is 5.96. The zero-order valence-corrected chi connectivity index (χ0v) is 17.5. The molecule has 1 fully saturated rings. The lowest BCUT2D eigenvalue weighted by Gasteiger charge is -2.27. The van der Waals surface area contributed by atoms with Crippen LogP contribution in [0.15, 0.2) is 42.5 Å². The van der Waals surface area contributed by atoms with Gasteiger partial charge >= 0.3 is 6.36 Å². The van der Waals surface area contributed by atoms with Crippen molar-refractivity contribution in [3.63, 3.8) is 0 Å². The maximum absolute atomic E-state index is 12.4. The van der Waals surface area contributed by atoms with Gasteiger partial charge in [0.1, 0.15) is 23.9 Å². The summed E-state index contributed by atoms with van der Waals surface area (Å²) in [5.41, 5.74) is 1.76. The van der Waals surface area contributed by atoms with E-state index in [1.165, 1.54) is 12.1 Å². The average molecular weight is 443 g/mol. The number of aliphatic hydroxyl groups is 1. The second kappa shape index (κ2) is 9.80. The molecule has 2 aromatic rings. The van der Waals surface area contributed by atoms with Crippen molar-refractivity contribution in [2.45, 2.75) is 31.3 Å². The number of aliphatic hydroxyl groups excluding tert-OH is 1. The summed E-state index contributed by atoms with van der Waals surface area (Å²) < 4.78 is 52.4. The summed E-state index contributed by atoms with van der Waals surface area (Å²) in [7, 11) is 1.60. The van der Waals surface area contributed by atoms with Crippen LogP contribution in [0.25, 0.3) is 0 Å². The summed E-state index contributed by atoms with van der Waals surface area (Å²) in [5.74, 6) is 2.00. The SMILES string of the molecule is COc1cccc(OCC(C)O)c1C1SCCN1Cc1ccc(OC(F)(F)F)cc1. The predicted molar refractivity (Wildman–Crippen MR) is 109 cm³/mol. The van der Waals surface area contributed by atoms with Crippen molar-refractivity contribution >= 4 is 11.8 Å². The normalized spacial score (nSPS) is 18.3. The maximum atomic E-state index is 12.4. The monoisotopic (exact) mass is 443 g/mol. The molecule has 0 spiro atoms. The van der Waals surface area contributed by atoms with Crippen LogP contribution in [-0.4, -0.2) is 48.5 Å². The molecule has 164 valence electrons. The van der Waals surface area contributed by atoms with Gasteiger partial charge in [0.2, 0.25) is 0 Å². The second-order valence-electron chi connectivity index (χ2n) is 6.92. The molecule has 0 aromatic heterocycles. The number of hydrogen-bond acceptors (Lipinski definition) is 6. The lowest BCUT2D eigenvalue weighted by atomic mass is 10.1. The minimum atomic E-state index is -4.70. The Morgan fingerprint density at radius 1 is 1.17 bits per heavy atom. The van der Waals surface area contributed by atoms with E-state index in [2.05, 4.69) is 9.64 Å². The zero-order valence-electron chi connectivity index (χ0n) is 16.7. The molecule has 0 saturated carbocycles. The minimum Gasteiger partial charge on any atom is -0.496 e. The Morgan fingerprint density at radius 3 is 2.50 bits per heavy atom. The zero-order chi connectivity index (χ0) is 21.7. The highest BCUT2D eigenvalue weighted by Crippen LogP contribution is 2.46. The smallest absolute Gasteiger partial charge is 0.496 e. The van der Waals surface area contributed by atoms with Gasteiger partial charge in [0.15, 0.2) is 0 Å². The van der Waals surface area contributed by atoms with Crippen molar-refractivity contribution < 1.29 is 32.5 Å². The first-order chi connectivity index (χ1) is 14.3. The van der Waals surface area contributed by atoms with Gasteiger partial charge in [-0.1, -0.05) is 18.2 Å². The van der Waals surface area contributed by atoms with E-state index in [-0.39, 0.29) is 17.7 Å². The number of ether oxygens (including phenoxy) is 3. The first-order valence-corrected chi connectivity index (χ1v) is 10.5. The first-order valence-electron chi connectivity index (χ1n) is 9.45. The number of alkyl halides is 3. The Kier molecular flexibility index (Phi) is 7.38. The molecule has 0 radical (unpaired) electrons. The average Bonchev–Trinajstić information content (AvgIpc) is 3.14. The molecule has 3 rings (SSSR count). The highest BCUT2D eigenvalue weighted by atomic mass is 32.2. The van der Waals surface area contributed by atoms with Crippen LogP contribution in [0, 0.1) is 0 Å². The van der Waals surface area contributed by atoms with Crippen LogP contribution in [0.2, 0.25) is 0 Å². The topological polar surface area (TPSA) is 51.2 Å². The van der Waals surface area contributed by atoms with E-state index in [9.17, 15) is 18.3 Å². The number of benzene rings is 2. The molecule has 1 saturated heterocycles. The lowest BCUT2D eigenvalue weighted by Crippen LogP contribution is -2.24. The lowest BCUT2D eigenvalue weighted by molar-refractivity contribution is -0.274. The van der Waals surface area contributed by atoms with Gasteiger partial charge < -0.3 is 19.3 Å². The Hall–Kier alpha value is -2.10. The van der Waals surface area contributed by atoms with Crippen molar-refractivity contribution in [2.75, 3.05) is 26.0 Å². The molecule has 2 atom stereocenters. The fourth-order valence-electron chi connectivity index (χ4n) is 3.24. The molecule has 1 heterocycles. The Balaban J connectivity index is 1.79. The molecule has 1 N–H and O–H groups in total. The quantitative estimate of drug-likeness (QED) is 0.644. The summed E-state index contributed by atoms with van der Waals surface area (Å²) in [6.45, 7) is 3.18. The largest absolute Gasteiger partial charge is 0.573 e. The van der Waals surface area contributed by atoms with Gasteiger partial charge in [-0.15, -0.1) is 24.9 Å². The Bertz CT molecular complexity index is 830. The van der Waals surface area contributed by atoms with Crippen LogP contribution < -0.4 is 14.2 Å². The molecule has 0 aliphatic carbocycles. The second-order valence-corrected chi connectivity index (χ2v) is 8.11. The number of methoxy groups -OCH3 is 1. The molecular formula is C21H24F3NO4S. The van der Waals surface area contributed by atoms with Crippen LogP contribution in [0.5, 0.6) is 17.2 Å². The highest BCUT2D eigenvalue weighted by Gasteiger charge is 2.33. The van der Waals surface area contributed by atoms with Gasteiger partial charge in [-0.2, -0.15) is 0 Å². The van der Waals surface area contributed by atoms with Crippen LogP contribution in [0.4, 0.5) is 13.2 Å². The molecule has 0 amide bonds. The molecule has 5 nitrogen and oxygen atoms in total. The van der Waals surface area contributed by atoms with E-state index in [0.717, 1.165) is 23.4 Å². The van der Waals surface area contributed by atoms with Gasteiger partial charge in [-0.3, -0.25) is 4.90 Å². The van der Waals surface area contributed by atoms with Gasteiger partial charge in [-0.05, 0) is 36.8 Å². The van der Waals surface area contributed by atoms with E-state index in [1.807, 2.05) is 18.2 Å². The van der Waals surface area contributed by atoms with Crippen molar-refractivity contribution in [3.05, 3.63) is 53.6 Å². The standard InChI is InChI=1S/C21H24F3NO4S/c1-14(26)13-28-18-5-3-4-17(27-2)19(18)20-25(10-11-30-20)12-15-6-8-16(9-7-15)29-21(22,23)24/h3-9,14,20,26H,10-13H2,1-2H3. The summed E-state index contributed by atoms with van der Waals surface area (Å²) in [4.78, 5) is 2.22. The van der Waals surface area contributed by atoms with Crippen molar-refractivity contribution in [1.82, 2.24) is 4.90 Å². The third-order valence-corrected chi connectivity index (χ3v) is 5.77. The van der Waals surface area contributed by atoms with Crippen LogP contribution >= 0.6 is 11.8 Å². The van der Waals surface area contributed by atoms with E-state index < -0.39 is 12.5 Å². The first kappa shape index (κ1) is 22.6. The number of rotatable bonds is 8. The van der Waals surface area contributed by atoms with E-state index >= 15 is 0 Å². The summed E-state index contributed by atoms with van der Waals surface area (Å²) >= 11 is 1.74. The molecule has 9 heteroatoms. The molecule has 1 aliphatic heterocycles. The van der Waals surface area contributed by atoms with Crippen molar-refractivity contribution in [1.29, 1.82) is 0 Å². The summed E-state index contributed by atoms with van der Waals surface area (Å²) in [6.07, 6.45) is -5.31. The molecule has 1 aliphatic rings. The fraction of sp³-hybridized carbons (Fsp3) is 0.429. The fourth-order valence-corrected chi connectivity index (χ4v) is 4.60.